The molecule has 9 heteroatoms. The van der Waals surface area contributed by atoms with Gasteiger partial charge in [-0.15, -0.1) is 0 Å². The van der Waals surface area contributed by atoms with Crippen LogP contribution >= 0.6 is 23.2 Å². The molecule has 1 aliphatic heterocycles. The van der Waals surface area contributed by atoms with Crippen molar-refractivity contribution in [1.29, 1.82) is 0 Å². The first-order valence-electron chi connectivity index (χ1n) is 7.51. The molecule has 1 aromatic carbocycles. The molecule has 6 nitrogen and oxygen atoms in total. The lowest BCUT2D eigenvalue weighted by Gasteiger charge is -2.31. The number of nitrogens with zero attached hydrogens (tertiary/aromatic N) is 1. The van der Waals surface area contributed by atoms with Crippen LogP contribution < -0.4 is 4.74 Å². The van der Waals surface area contributed by atoms with Gasteiger partial charge in [0.05, 0.1) is 24.7 Å². The van der Waals surface area contributed by atoms with Crippen LogP contribution in [0.25, 0.3) is 0 Å². The van der Waals surface area contributed by atoms with Crippen LogP contribution in [0.3, 0.4) is 0 Å². The number of hydrogen-bond donors (Lipinski definition) is 0. The van der Waals surface area contributed by atoms with E-state index in [0.29, 0.717) is 19.4 Å². The van der Waals surface area contributed by atoms with Crippen molar-refractivity contribution in [3.8, 4) is 5.75 Å². The van der Waals surface area contributed by atoms with Crippen molar-refractivity contribution in [2.24, 2.45) is 5.92 Å². The summed E-state index contributed by atoms with van der Waals surface area (Å²) >= 11 is 12.0. The molecule has 134 valence electrons. The summed E-state index contributed by atoms with van der Waals surface area (Å²) in [7, 11) is -2.54. The third-order valence-electron chi connectivity index (χ3n) is 3.84. The van der Waals surface area contributed by atoms with Crippen molar-refractivity contribution in [1.82, 2.24) is 4.31 Å². The number of benzene rings is 1. The van der Waals surface area contributed by atoms with Crippen LogP contribution in [-0.4, -0.2) is 45.5 Å². The maximum atomic E-state index is 12.9. The van der Waals surface area contributed by atoms with Gasteiger partial charge in [-0.1, -0.05) is 23.2 Å². The molecule has 0 bridgehead atoms. The molecule has 1 fully saturated rings. The molecular weight excluding hydrogens is 377 g/mol. The van der Waals surface area contributed by atoms with Gasteiger partial charge in [-0.05, 0) is 31.9 Å². The summed E-state index contributed by atoms with van der Waals surface area (Å²) in [6.45, 7) is 2.38. The highest BCUT2D eigenvalue weighted by atomic mass is 35.5. The van der Waals surface area contributed by atoms with E-state index in [1.54, 1.807) is 6.92 Å². The Kier molecular flexibility index (Phi) is 6.36. The molecule has 0 N–H and O–H groups in total. The summed E-state index contributed by atoms with van der Waals surface area (Å²) in [5.74, 6) is -0.844. The van der Waals surface area contributed by atoms with Crippen LogP contribution in [-0.2, 0) is 19.6 Å². The highest BCUT2D eigenvalue weighted by Crippen LogP contribution is 2.39. The van der Waals surface area contributed by atoms with Gasteiger partial charge >= 0.3 is 5.97 Å². The number of carbonyl (C=O) groups is 1. The molecule has 1 aliphatic rings. The van der Waals surface area contributed by atoms with E-state index in [4.69, 9.17) is 32.7 Å². The van der Waals surface area contributed by atoms with E-state index in [9.17, 15) is 13.2 Å². The van der Waals surface area contributed by atoms with Crippen LogP contribution in [0.4, 0.5) is 0 Å². The molecule has 1 aromatic rings. The molecule has 1 heterocycles. The zero-order valence-electron chi connectivity index (χ0n) is 13.4. The van der Waals surface area contributed by atoms with Gasteiger partial charge in [-0.3, -0.25) is 4.79 Å². The largest absolute Gasteiger partial charge is 0.494 e. The topological polar surface area (TPSA) is 72.9 Å². The Morgan fingerprint density at radius 2 is 2.08 bits per heavy atom. The first-order valence-corrected chi connectivity index (χ1v) is 9.71. The highest BCUT2D eigenvalue weighted by Gasteiger charge is 2.36. The number of carbonyl (C=O) groups excluding carboxylic acids is 1. The van der Waals surface area contributed by atoms with Gasteiger partial charge in [0.2, 0.25) is 10.0 Å². The zero-order valence-corrected chi connectivity index (χ0v) is 15.7. The van der Waals surface area contributed by atoms with E-state index in [-0.39, 0.29) is 39.8 Å². The number of hydrogen-bond acceptors (Lipinski definition) is 5. The van der Waals surface area contributed by atoms with Crippen LogP contribution in [0, 0.1) is 5.92 Å². The van der Waals surface area contributed by atoms with E-state index in [1.165, 1.54) is 23.5 Å². The Bertz CT molecular complexity index is 723. The number of halogens is 2. The minimum atomic E-state index is -3.87. The molecule has 0 amide bonds. The van der Waals surface area contributed by atoms with Crippen molar-refractivity contribution in [2.75, 3.05) is 26.8 Å². The van der Waals surface area contributed by atoms with Gasteiger partial charge in [0.15, 0.2) is 5.75 Å². The molecular formula is C15H19Cl2NO5S. The number of methoxy groups -OCH3 is 1. The lowest BCUT2D eigenvalue weighted by atomic mass is 10.0. The minimum absolute atomic E-state index is 0.00225. The van der Waals surface area contributed by atoms with Crippen molar-refractivity contribution < 1.29 is 22.7 Å². The summed E-state index contributed by atoms with van der Waals surface area (Å²) < 4.78 is 37.3. The maximum Gasteiger partial charge on any atom is 0.310 e. The second-order valence-electron chi connectivity index (χ2n) is 5.35. The van der Waals surface area contributed by atoms with Gasteiger partial charge in [0.25, 0.3) is 0 Å². The lowest BCUT2D eigenvalue weighted by molar-refractivity contribution is -0.149. The van der Waals surface area contributed by atoms with Crippen molar-refractivity contribution in [2.45, 2.75) is 24.7 Å². The Labute approximate surface area is 151 Å². The predicted octanol–water partition coefficient (Wildman–Crippen LogP) is 2.97. The third kappa shape index (κ3) is 3.79. The zero-order chi connectivity index (χ0) is 17.9. The summed E-state index contributed by atoms with van der Waals surface area (Å²) in [4.78, 5) is 11.9. The number of sulfonamides is 1. The van der Waals surface area contributed by atoms with E-state index in [1.807, 2.05) is 0 Å². The monoisotopic (exact) mass is 395 g/mol. The molecule has 0 aliphatic carbocycles. The van der Waals surface area contributed by atoms with Crippen molar-refractivity contribution in [3.63, 3.8) is 0 Å². The average molecular weight is 396 g/mol. The second-order valence-corrected chi connectivity index (χ2v) is 8.04. The smallest absolute Gasteiger partial charge is 0.310 e. The SMILES string of the molecule is CCOC(=O)[C@H]1CCCN(S(=O)(=O)c2ccc(Cl)c(Cl)c2OC)C1. The Morgan fingerprint density at radius 3 is 2.71 bits per heavy atom. The van der Waals surface area contributed by atoms with E-state index in [2.05, 4.69) is 0 Å². The van der Waals surface area contributed by atoms with Gasteiger partial charge in [0.1, 0.15) is 9.92 Å². The first kappa shape index (κ1) is 19.3. The van der Waals surface area contributed by atoms with Crippen LogP contribution in [0.1, 0.15) is 19.8 Å². The van der Waals surface area contributed by atoms with Crippen molar-refractivity contribution >= 4 is 39.2 Å². The van der Waals surface area contributed by atoms with Gasteiger partial charge in [-0.2, -0.15) is 4.31 Å². The molecule has 24 heavy (non-hydrogen) atoms. The Hall–Kier alpha value is -1.02. The van der Waals surface area contributed by atoms with Gasteiger partial charge < -0.3 is 9.47 Å². The summed E-state index contributed by atoms with van der Waals surface area (Å²) in [5, 5.41) is 0.245. The fourth-order valence-electron chi connectivity index (χ4n) is 2.66. The van der Waals surface area contributed by atoms with E-state index < -0.39 is 15.9 Å². The van der Waals surface area contributed by atoms with Crippen molar-refractivity contribution in [3.05, 3.63) is 22.2 Å². The lowest BCUT2D eigenvalue weighted by Crippen LogP contribution is -2.42. The van der Waals surface area contributed by atoms with Gasteiger partial charge in [-0.25, -0.2) is 8.42 Å². The summed E-state index contributed by atoms with van der Waals surface area (Å²) in [6.07, 6.45) is 1.18. The molecule has 1 atom stereocenters. The maximum absolute atomic E-state index is 12.9. The average Bonchev–Trinajstić information content (AvgIpc) is 2.57. The fraction of sp³-hybridized carbons (Fsp3) is 0.533. The second kappa shape index (κ2) is 7.91. The number of piperidine rings is 1. The molecule has 0 aromatic heterocycles. The molecule has 0 saturated carbocycles. The van der Waals surface area contributed by atoms with Crippen LogP contribution in [0.2, 0.25) is 10.0 Å². The van der Waals surface area contributed by atoms with Crippen LogP contribution in [0.5, 0.6) is 5.75 Å². The Morgan fingerprint density at radius 1 is 1.38 bits per heavy atom. The minimum Gasteiger partial charge on any atom is -0.494 e. The summed E-state index contributed by atoms with van der Waals surface area (Å²) in [6, 6.07) is 2.77. The number of ether oxygens (including phenoxy) is 2. The normalized spacial score (nSPS) is 19.1. The first-order chi connectivity index (χ1) is 11.3. The third-order valence-corrected chi connectivity index (χ3v) is 6.52. The van der Waals surface area contributed by atoms with E-state index >= 15 is 0 Å². The number of esters is 1. The van der Waals surface area contributed by atoms with E-state index in [0.717, 1.165) is 0 Å². The predicted molar refractivity (Wildman–Crippen MR) is 91.1 cm³/mol. The molecule has 0 spiro atoms. The standard InChI is InChI=1S/C15H19Cl2NO5S/c1-3-23-15(19)10-5-4-8-18(9-10)24(20,21)12-7-6-11(16)13(17)14(12)22-2/h6-7,10H,3-5,8-9H2,1-2H3/t10-/m0/s1. The van der Waals surface area contributed by atoms with Crippen LogP contribution in [0.15, 0.2) is 17.0 Å². The quantitative estimate of drug-likeness (QED) is 0.716. The van der Waals surface area contributed by atoms with Gasteiger partial charge in [0, 0.05) is 13.1 Å². The molecule has 0 radical (unpaired) electrons. The molecule has 0 unspecified atom stereocenters. The summed E-state index contributed by atoms with van der Waals surface area (Å²) in [5.41, 5.74) is 0. The Balaban J connectivity index is 2.34. The fourth-order valence-corrected chi connectivity index (χ4v) is 4.79. The highest BCUT2D eigenvalue weighted by molar-refractivity contribution is 7.89. The number of rotatable bonds is 5. The molecule has 1 saturated heterocycles. The molecule has 2 rings (SSSR count).